The van der Waals surface area contributed by atoms with E-state index in [0.29, 0.717) is 12.0 Å². The zero-order valence-electron chi connectivity index (χ0n) is 14.3. The highest BCUT2D eigenvalue weighted by Gasteiger charge is 2.46. The van der Waals surface area contributed by atoms with E-state index in [4.69, 9.17) is 0 Å². The van der Waals surface area contributed by atoms with Gasteiger partial charge in [-0.1, -0.05) is 27.7 Å². The van der Waals surface area contributed by atoms with Crippen LogP contribution in [0.5, 0.6) is 0 Å². The number of halogens is 3. The first-order valence-corrected chi connectivity index (χ1v) is 8.37. The van der Waals surface area contributed by atoms with Crippen LogP contribution in [0.2, 0.25) is 0 Å². The Morgan fingerprint density at radius 3 is 2.22 bits per heavy atom. The first-order chi connectivity index (χ1) is 10.5. The lowest BCUT2D eigenvalue weighted by atomic mass is 9.71. The van der Waals surface area contributed by atoms with Crippen molar-refractivity contribution in [1.29, 1.82) is 0 Å². The maximum atomic E-state index is 12.6. The summed E-state index contributed by atoms with van der Waals surface area (Å²) in [6.45, 7) is 8.05. The largest absolute Gasteiger partial charge is 0.408 e. The molecule has 1 aromatic rings. The van der Waals surface area contributed by atoms with Crippen LogP contribution < -0.4 is 5.32 Å². The van der Waals surface area contributed by atoms with Crippen LogP contribution in [-0.2, 0) is 6.54 Å². The number of anilines is 1. The summed E-state index contributed by atoms with van der Waals surface area (Å²) in [6, 6.07) is 0.293. The molecule has 1 N–H and O–H groups in total. The summed E-state index contributed by atoms with van der Waals surface area (Å²) < 4.78 is 38.9. The van der Waals surface area contributed by atoms with Crippen molar-refractivity contribution >= 4 is 5.69 Å². The van der Waals surface area contributed by atoms with Crippen molar-refractivity contribution in [3.05, 3.63) is 11.9 Å². The first-order valence-electron chi connectivity index (χ1n) is 8.37. The molecule has 0 bridgehead atoms. The molecule has 3 rings (SSSR count). The van der Waals surface area contributed by atoms with Crippen LogP contribution >= 0.6 is 0 Å². The molecule has 2 saturated carbocycles. The summed E-state index contributed by atoms with van der Waals surface area (Å²) in [5.41, 5.74) is 2.05. The SMILES string of the molecule is CC1(C)CC(Nc2cn(CC(F)(F)F)nc2C2CC2)CC1(C)C. The first kappa shape index (κ1) is 16.7. The van der Waals surface area contributed by atoms with E-state index in [0.717, 1.165) is 41.7 Å². The normalized spacial score (nSPS) is 24.1. The highest BCUT2D eigenvalue weighted by atomic mass is 19.4. The molecule has 0 aliphatic heterocycles. The predicted octanol–water partition coefficient (Wildman–Crippen LogP) is 4.95. The van der Waals surface area contributed by atoms with Gasteiger partial charge in [0.15, 0.2) is 0 Å². The number of rotatable bonds is 4. The molecule has 0 spiro atoms. The fourth-order valence-electron chi connectivity index (χ4n) is 3.65. The number of alkyl halides is 3. The smallest absolute Gasteiger partial charge is 0.379 e. The minimum Gasteiger partial charge on any atom is -0.379 e. The van der Waals surface area contributed by atoms with Gasteiger partial charge in [-0.05, 0) is 36.5 Å². The van der Waals surface area contributed by atoms with Gasteiger partial charge in [0.05, 0.1) is 11.4 Å². The molecule has 0 amide bonds. The van der Waals surface area contributed by atoms with Crippen LogP contribution in [0.25, 0.3) is 0 Å². The minimum absolute atomic E-state index is 0.215. The van der Waals surface area contributed by atoms with Crippen molar-refractivity contribution in [2.24, 2.45) is 10.8 Å². The van der Waals surface area contributed by atoms with Crippen LogP contribution in [0, 0.1) is 10.8 Å². The molecule has 130 valence electrons. The fraction of sp³-hybridized carbons (Fsp3) is 0.824. The summed E-state index contributed by atoms with van der Waals surface area (Å²) in [5.74, 6) is 0.328. The van der Waals surface area contributed by atoms with Gasteiger partial charge in [-0.25, -0.2) is 0 Å². The third kappa shape index (κ3) is 3.50. The Labute approximate surface area is 135 Å². The summed E-state index contributed by atoms with van der Waals surface area (Å²) in [6.07, 6.45) is 1.41. The van der Waals surface area contributed by atoms with Crippen LogP contribution in [0.3, 0.4) is 0 Å². The summed E-state index contributed by atoms with van der Waals surface area (Å²) in [7, 11) is 0. The molecule has 0 aromatic carbocycles. The third-order valence-electron chi connectivity index (χ3n) is 5.80. The van der Waals surface area contributed by atoms with E-state index in [-0.39, 0.29) is 10.8 Å². The zero-order valence-corrected chi connectivity index (χ0v) is 14.3. The zero-order chi connectivity index (χ0) is 17.0. The van der Waals surface area contributed by atoms with E-state index in [1.807, 2.05) is 0 Å². The number of nitrogens with zero attached hydrogens (tertiary/aromatic N) is 2. The van der Waals surface area contributed by atoms with Gasteiger partial charge in [-0.2, -0.15) is 18.3 Å². The number of hydrogen-bond donors (Lipinski definition) is 1. The van der Waals surface area contributed by atoms with Gasteiger partial charge in [0.25, 0.3) is 0 Å². The van der Waals surface area contributed by atoms with Crippen molar-refractivity contribution in [1.82, 2.24) is 9.78 Å². The van der Waals surface area contributed by atoms with E-state index in [2.05, 4.69) is 38.1 Å². The monoisotopic (exact) mass is 329 g/mol. The maximum Gasteiger partial charge on any atom is 0.408 e. The third-order valence-corrected chi connectivity index (χ3v) is 5.80. The molecule has 0 atom stereocenters. The molecule has 0 unspecified atom stereocenters. The average molecular weight is 329 g/mol. The summed E-state index contributed by atoms with van der Waals surface area (Å²) >= 11 is 0. The molecule has 6 heteroatoms. The quantitative estimate of drug-likeness (QED) is 0.847. The Morgan fingerprint density at radius 1 is 1.17 bits per heavy atom. The standard InChI is InChI=1S/C17H26F3N3/c1-15(2)7-12(8-16(15,3)4)21-13-9-23(10-17(18,19)20)22-14(13)11-5-6-11/h9,11-12,21H,5-8,10H2,1-4H3. The highest BCUT2D eigenvalue weighted by molar-refractivity contribution is 5.50. The van der Waals surface area contributed by atoms with Gasteiger partial charge in [0.1, 0.15) is 6.54 Å². The predicted molar refractivity (Wildman–Crippen MR) is 84.5 cm³/mol. The van der Waals surface area contributed by atoms with Crippen molar-refractivity contribution in [3.8, 4) is 0 Å². The number of hydrogen-bond acceptors (Lipinski definition) is 2. The van der Waals surface area contributed by atoms with Crippen molar-refractivity contribution in [3.63, 3.8) is 0 Å². The van der Waals surface area contributed by atoms with Crippen LogP contribution in [0.1, 0.15) is 65.0 Å². The van der Waals surface area contributed by atoms with Crippen molar-refractivity contribution in [2.75, 3.05) is 5.32 Å². The van der Waals surface area contributed by atoms with Crippen molar-refractivity contribution < 1.29 is 13.2 Å². The van der Waals surface area contributed by atoms with E-state index < -0.39 is 12.7 Å². The van der Waals surface area contributed by atoms with E-state index in [1.54, 1.807) is 6.20 Å². The molecule has 23 heavy (non-hydrogen) atoms. The van der Waals surface area contributed by atoms with Crippen molar-refractivity contribution in [2.45, 2.75) is 78.1 Å². The molecule has 1 aromatic heterocycles. The molecule has 0 radical (unpaired) electrons. The lowest BCUT2D eigenvalue weighted by Crippen LogP contribution is -2.25. The average Bonchev–Trinajstić information content (AvgIpc) is 3.06. The molecule has 2 fully saturated rings. The summed E-state index contributed by atoms with van der Waals surface area (Å²) in [5, 5.41) is 7.70. The van der Waals surface area contributed by atoms with Crippen LogP contribution in [0.15, 0.2) is 6.20 Å². The Hall–Kier alpha value is -1.20. The lowest BCUT2D eigenvalue weighted by Gasteiger charge is -2.34. The van der Waals surface area contributed by atoms with E-state index >= 15 is 0 Å². The summed E-state index contributed by atoms with van der Waals surface area (Å²) in [4.78, 5) is 0. The number of aromatic nitrogens is 2. The highest BCUT2D eigenvalue weighted by Crippen LogP contribution is 2.53. The Morgan fingerprint density at radius 2 is 1.74 bits per heavy atom. The lowest BCUT2D eigenvalue weighted by molar-refractivity contribution is -0.142. The van der Waals surface area contributed by atoms with Gasteiger partial charge < -0.3 is 5.32 Å². The van der Waals surface area contributed by atoms with Gasteiger partial charge in [0.2, 0.25) is 0 Å². The van der Waals surface area contributed by atoms with Crippen LogP contribution in [0.4, 0.5) is 18.9 Å². The molecular formula is C17H26F3N3. The van der Waals surface area contributed by atoms with Gasteiger partial charge in [-0.3, -0.25) is 4.68 Å². The second kappa shape index (κ2) is 5.15. The van der Waals surface area contributed by atoms with Gasteiger partial charge >= 0.3 is 6.18 Å². The number of nitrogens with one attached hydrogen (secondary N) is 1. The molecule has 3 nitrogen and oxygen atoms in total. The molecular weight excluding hydrogens is 303 g/mol. The molecule has 2 aliphatic carbocycles. The fourth-order valence-corrected chi connectivity index (χ4v) is 3.65. The molecule has 0 saturated heterocycles. The second-order valence-corrected chi connectivity index (χ2v) is 8.53. The van der Waals surface area contributed by atoms with Gasteiger partial charge in [-0.15, -0.1) is 0 Å². The van der Waals surface area contributed by atoms with Gasteiger partial charge in [0, 0.05) is 18.2 Å². The molecule has 1 heterocycles. The minimum atomic E-state index is -4.23. The molecule has 2 aliphatic rings. The Balaban J connectivity index is 1.77. The van der Waals surface area contributed by atoms with Crippen LogP contribution in [-0.4, -0.2) is 22.0 Å². The Kier molecular flexibility index (Phi) is 3.73. The topological polar surface area (TPSA) is 29.9 Å². The second-order valence-electron chi connectivity index (χ2n) is 8.53. The maximum absolute atomic E-state index is 12.6. The van der Waals surface area contributed by atoms with E-state index in [9.17, 15) is 13.2 Å². The Bertz CT molecular complexity index is 566. The van der Waals surface area contributed by atoms with E-state index in [1.165, 1.54) is 0 Å².